The van der Waals surface area contributed by atoms with Crippen LogP contribution in [0.25, 0.3) is 10.9 Å². The van der Waals surface area contributed by atoms with E-state index < -0.39 is 0 Å². The van der Waals surface area contributed by atoms with E-state index in [1.165, 1.54) is 11.1 Å². The first-order chi connectivity index (χ1) is 10.6. The van der Waals surface area contributed by atoms with E-state index in [0.717, 1.165) is 32.4 Å². The maximum absolute atomic E-state index is 9.52. The van der Waals surface area contributed by atoms with Crippen LogP contribution in [0.2, 0.25) is 0 Å². The van der Waals surface area contributed by atoms with Crippen molar-refractivity contribution in [1.82, 2.24) is 9.97 Å². The molecule has 0 amide bonds. The van der Waals surface area contributed by atoms with Gasteiger partial charge >= 0.3 is 0 Å². The van der Waals surface area contributed by atoms with E-state index in [2.05, 4.69) is 57.2 Å². The molecule has 0 aliphatic carbocycles. The van der Waals surface area contributed by atoms with Gasteiger partial charge in [0.05, 0.1) is 12.1 Å². The minimum atomic E-state index is -0.0388. The molecule has 1 aromatic heterocycles. The zero-order valence-corrected chi connectivity index (χ0v) is 15.0. The molecular formula is C17H20BrN3O3. The number of anilines is 2. The second-order valence-corrected chi connectivity index (χ2v) is 6.18. The SMILES string of the molecule is Cc1cc2ncnc(Nc3ccc(Br)cc3CO)c2cc1C.O.O. The molecule has 0 atom stereocenters. The summed E-state index contributed by atoms with van der Waals surface area (Å²) >= 11 is 3.42. The lowest BCUT2D eigenvalue weighted by molar-refractivity contribution is 0.282. The normalized spacial score (nSPS) is 10.0. The first-order valence-corrected chi connectivity index (χ1v) is 7.76. The number of rotatable bonds is 3. The molecule has 0 saturated heterocycles. The molecule has 1 heterocycles. The Morgan fingerprint density at radius 3 is 2.46 bits per heavy atom. The minimum absolute atomic E-state index is 0. The predicted molar refractivity (Wildman–Crippen MR) is 99.6 cm³/mol. The first kappa shape index (κ1) is 20.0. The summed E-state index contributed by atoms with van der Waals surface area (Å²) in [4.78, 5) is 8.69. The van der Waals surface area contributed by atoms with E-state index in [1.807, 2.05) is 18.2 Å². The van der Waals surface area contributed by atoms with Gasteiger partial charge in [0.15, 0.2) is 0 Å². The number of aromatic nitrogens is 2. The van der Waals surface area contributed by atoms with Crippen molar-refractivity contribution in [3.8, 4) is 0 Å². The van der Waals surface area contributed by atoms with Crippen LogP contribution in [0.4, 0.5) is 11.5 Å². The topological polar surface area (TPSA) is 121 Å². The molecule has 6 N–H and O–H groups in total. The smallest absolute Gasteiger partial charge is 0.141 e. The van der Waals surface area contributed by atoms with Crippen molar-refractivity contribution in [2.24, 2.45) is 0 Å². The number of aliphatic hydroxyl groups is 1. The number of aryl methyl sites for hydroxylation is 2. The van der Waals surface area contributed by atoms with Crippen LogP contribution in [0.15, 0.2) is 41.1 Å². The van der Waals surface area contributed by atoms with Crippen molar-refractivity contribution in [3.05, 3.63) is 57.8 Å². The van der Waals surface area contributed by atoms with E-state index in [1.54, 1.807) is 6.33 Å². The molecule has 7 heteroatoms. The van der Waals surface area contributed by atoms with Gasteiger partial charge in [-0.15, -0.1) is 0 Å². The van der Waals surface area contributed by atoms with E-state index >= 15 is 0 Å². The minimum Gasteiger partial charge on any atom is -0.412 e. The molecule has 0 radical (unpaired) electrons. The van der Waals surface area contributed by atoms with Gasteiger partial charge in [0.2, 0.25) is 0 Å². The van der Waals surface area contributed by atoms with E-state index in [-0.39, 0.29) is 17.6 Å². The van der Waals surface area contributed by atoms with E-state index in [4.69, 9.17) is 0 Å². The van der Waals surface area contributed by atoms with E-state index in [0.29, 0.717) is 0 Å². The largest absolute Gasteiger partial charge is 0.412 e. The molecule has 24 heavy (non-hydrogen) atoms. The Labute approximate surface area is 148 Å². The van der Waals surface area contributed by atoms with Crippen molar-refractivity contribution in [2.75, 3.05) is 5.32 Å². The van der Waals surface area contributed by atoms with Gasteiger partial charge in [0, 0.05) is 21.1 Å². The molecule has 3 rings (SSSR count). The van der Waals surface area contributed by atoms with Crippen molar-refractivity contribution in [2.45, 2.75) is 20.5 Å². The summed E-state index contributed by atoms with van der Waals surface area (Å²) in [7, 11) is 0. The maximum Gasteiger partial charge on any atom is 0.141 e. The molecule has 0 spiro atoms. The molecule has 0 bridgehead atoms. The molecule has 3 aromatic rings. The highest BCUT2D eigenvalue weighted by atomic mass is 79.9. The Hall–Kier alpha value is -2.06. The number of fused-ring (bicyclic) bond motifs is 1. The second-order valence-electron chi connectivity index (χ2n) is 5.26. The number of aliphatic hydroxyl groups excluding tert-OH is 1. The third-order valence-electron chi connectivity index (χ3n) is 3.74. The molecule has 2 aromatic carbocycles. The number of hydrogen-bond donors (Lipinski definition) is 2. The van der Waals surface area contributed by atoms with Crippen LogP contribution in [-0.2, 0) is 6.61 Å². The Balaban J connectivity index is 0.00000144. The predicted octanol–water partition coefficient (Wildman–Crippen LogP) is 2.60. The molecule has 0 saturated carbocycles. The van der Waals surface area contributed by atoms with Crippen LogP contribution in [0.3, 0.4) is 0 Å². The van der Waals surface area contributed by atoms with Gasteiger partial charge in [-0.1, -0.05) is 15.9 Å². The van der Waals surface area contributed by atoms with Gasteiger partial charge in [-0.25, -0.2) is 9.97 Å². The number of nitrogens with one attached hydrogen (secondary N) is 1. The standard InChI is InChI=1S/C17H16BrN3O.2H2O/c1-10-5-14-16(6-11(10)2)19-9-20-17(14)21-15-4-3-13(18)7-12(15)8-22;;/h3-7,9,22H,8H2,1-2H3,(H,19,20,21);2*1H2. The van der Waals surface area contributed by atoms with Gasteiger partial charge in [0.1, 0.15) is 12.1 Å². The average molecular weight is 394 g/mol. The van der Waals surface area contributed by atoms with Crippen LogP contribution in [0.5, 0.6) is 0 Å². The monoisotopic (exact) mass is 393 g/mol. The fourth-order valence-corrected chi connectivity index (χ4v) is 2.77. The van der Waals surface area contributed by atoms with Gasteiger partial charge in [-0.2, -0.15) is 0 Å². The molecule has 6 nitrogen and oxygen atoms in total. The van der Waals surface area contributed by atoms with Crippen LogP contribution < -0.4 is 5.32 Å². The van der Waals surface area contributed by atoms with Crippen LogP contribution in [0, 0.1) is 13.8 Å². The summed E-state index contributed by atoms with van der Waals surface area (Å²) in [5.74, 6) is 0.741. The Bertz CT molecular complexity index is 856. The molecule has 128 valence electrons. The van der Waals surface area contributed by atoms with Crippen molar-refractivity contribution >= 4 is 38.3 Å². The molecule has 0 unspecified atom stereocenters. The molecule has 0 aliphatic heterocycles. The summed E-state index contributed by atoms with van der Waals surface area (Å²) in [6.07, 6.45) is 1.55. The highest BCUT2D eigenvalue weighted by Crippen LogP contribution is 2.28. The number of hydrogen-bond acceptors (Lipinski definition) is 4. The maximum atomic E-state index is 9.52. The van der Waals surface area contributed by atoms with Crippen molar-refractivity contribution in [3.63, 3.8) is 0 Å². The zero-order valence-electron chi connectivity index (χ0n) is 13.4. The fourth-order valence-electron chi connectivity index (χ4n) is 2.36. The quantitative estimate of drug-likeness (QED) is 0.709. The third kappa shape index (κ3) is 3.88. The number of halogens is 1. The highest BCUT2D eigenvalue weighted by Gasteiger charge is 2.09. The van der Waals surface area contributed by atoms with Gasteiger partial charge in [-0.3, -0.25) is 0 Å². The van der Waals surface area contributed by atoms with Crippen LogP contribution in [-0.4, -0.2) is 26.0 Å². The van der Waals surface area contributed by atoms with Crippen molar-refractivity contribution in [1.29, 1.82) is 0 Å². The summed E-state index contributed by atoms with van der Waals surface area (Å²) in [5, 5.41) is 13.8. The summed E-state index contributed by atoms with van der Waals surface area (Å²) in [5.41, 5.74) is 4.96. The second kappa shape index (κ2) is 8.16. The lowest BCUT2D eigenvalue weighted by atomic mass is 10.1. The Morgan fingerprint density at radius 2 is 1.75 bits per heavy atom. The molecular weight excluding hydrogens is 374 g/mol. The van der Waals surface area contributed by atoms with E-state index in [9.17, 15) is 5.11 Å². The lowest BCUT2D eigenvalue weighted by Crippen LogP contribution is -2.00. The summed E-state index contributed by atoms with van der Waals surface area (Å²) < 4.78 is 0.932. The third-order valence-corrected chi connectivity index (χ3v) is 4.23. The lowest BCUT2D eigenvalue weighted by Gasteiger charge is -2.13. The summed E-state index contributed by atoms with van der Waals surface area (Å²) in [6.45, 7) is 4.11. The Morgan fingerprint density at radius 1 is 1.04 bits per heavy atom. The van der Waals surface area contributed by atoms with Crippen LogP contribution >= 0.6 is 15.9 Å². The van der Waals surface area contributed by atoms with Crippen LogP contribution in [0.1, 0.15) is 16.7 Å². The number of benzene rings is 2. The highest BCUT2D eigenvalue weighted by molar-refractivity contribution is 9.10. The van der Waals surface area contributed by atoms with Gasteiger partial charge in [-0.05, 0) is 55.3 Å². The zero-order chi connectivity index (χ0) is 15.7. The Kier molecular flexibility index (Phi) is 6.80. The molecule has 0 fully saturated rings. The molecule has 0 aliphatic rings. The number of nitrogens with zero attached hydrogens (tertiary/aromatic N) is 2. The average Bonchev–Trinajstić information content (AvgIpc) is 2.51. The van der Waals surface area contributed by atoms with Crippen molar-refractivity contribution < 1.29 is 16.1 Å². The van der Waals surface area contributed by atoms with Gasteiger partial charge < -0.3 is 21.4 Å². The first-order valence-electron chi connectivity index (χ1n) is 6.97. The fraction of sp³-hybridized carbons (Fsp3) is 0.176. The van der Waals surface area contributed by atoms with Gasteiger partial charge in [0.25, 0.3) is 0 Å². The summed E-state index contributed by atoms with van der Waals surface area (Å²) in [6, 6.07) is 9.89.